The van der Waals surface area contributed by atoms with E-state index < -0.39 is 0 Å². The van der Waals surface area contributed by atoms with Crippen molar-refractivity contribution in [3.8, 4) is 5.75 Å². The van der Waals surface area contributed by atoms with E-state index >= 15 is 0 Å². The summed E-state index contributed by atoms with van der Waals surface area (Å²) in [5, 5.41) is 6.61. The normalized spacial score (nSPS) is 21.8. The summed E-state index contributed by atoms with van der Waals surface area (Å²) < 4.78 is 5.37. The molecule has 5 heteroatoms. The third kappa shape index (κ3) is 5.44. The number of methoxy groups -OCH3 is 1. The molecule has 0 bridgehead atoms. The van der Waals surface area contributed by atoms with Crippen molar-refractivity contribution in [1.82, 2.24) is 15.5 Å². The fraction of sp³-hybridized carbons (Fsp3) is 0.650. The van der Waals surface area contributed by atoms with Crippen LogP contribution in [0.2, 0.25) is 0 Å². The van der Waals surface area contributed by atoms with Crippen LogP contribution in [0.5, 0.6) is 5.75 Å². The van der Waals surface area contributed by atoms with E-state index in [1.165, 1.54) is 5.56 Å². The maximum absolute atomic E-state index is 12.6. The van der Waals surface area contributed by atoms with Crippen LogP contribution in [0, 0.1) is 5.92 Å². The summed E-state index contributed by atoms with van der Waals surface area (Å²) in [6, 6.07) is 8.74. The molecule has 140 valence electrons. The number of hydrogen-bond acceptors (Lipinski definition) is 4. The van der Waals surface area contributed by atoms with E-state index in [4.69, 9.17) is 4.74 Å². The van der Waals surface area contributed by atoms with Crippen molar-refractivity contribution in [2.75, 3.05) is 33.3 Å². The first-order valence-corrected chi connectivity index (χ1v) is 9.48. The van der Waals surface area contributed by atoms with Gasteiger partial charge in [0.2, 0.25) is 5.91 Å². The largest absolute Gasteiger partial charge is 0.497 e. The van der Waals surface area contributed by atoms with Crippen LogP contribution in [0.1, 0.15) is 45.2 Å². The van der Waals surface area contributed by atoms with Gasteiger partial charge < -0.3 is 15.4 Å². The Morgan fingerprint density at radius 1 is 1.40 bits per heavy atom. The van der Waals surface area contributed by atoms with E-state index in [1.54, 1.807) is 7.11 Å². The van der Waals surface area contributed by atoms with Crippen LogP contribution >= 0.6 is 0 Å². The Bertz CT molecular complexity index is 545. The molecule has 2 rings (SSSR count). The number of benzene rings is 1. The number of likely N-dealkylation sites (N-methyl/N-ethyl adjacent to an activating group) is 1. The molecule has 1 aliphatic rings. The maximum atomic E-state index is 12.6. The van der Waals surface area contributed by atoms with Crippen molar-refractivity contribution in [3.05, 3.63) is 29.8 Å². The second-order valence-electron chi connectivity index (χ2n) is 6.84. The highest BCUT2D eigenvalue weighted by Crippen LogP contribution is 2.24. The summed E-state index contributed by atoms with van der Waals surface area (Å²) in [5.41, 5.74) is 1.18. The van der Waals surface area contributed by atoms with Crippen molar-refractivity contribution in [3.63, 3.8) is 0 Å². The number of amides is 1. The minimum absolute atomic E-state index is 0.124. The lowest BCUT2D eigenvalue weighted by Gasteiger charge is -2.32. The Morgan fingerprint density at radius 2 is 2.16 bits per heavy atom. The lowest BCUT2D eigenvalue weighted by Crippen LogP contribution is -2.44. The van der Waals surface area contributed by atoms with Crippen LogP contribution in [0.15, 0.2) is 24.3 Å². The molecule has 5 nitrogen and oxygen atoms in total. The second-order valence-corrected chi connectivity index (χ2v) is 6.84. The van der Waals surface area contributed by atoms with Crippen molar-refractivity contribution in [2.24, 2.45) is 5.92 Å². The van der Waals surface area contributed by atoms with Crippen LogP contribution in [0.3, 0.4) is 0 Å². The van der Waals surface area contributed by atoms with Gasteiger partial charge in [0.15, 0.2) is 0 Å². The zero-order chi connectivity index (χ0) is 18.2. The molecule has 1 unspecified atom stereocenters. The third-order valence-corrected chi connectivity index (χ3v) is 5.20. The minimum Gasteiger partial charge on any atom is -0.497 e. The van der Waals surface area contributed by atoms with Crippen molar-refractivity contribution >= 4 is 5.91 Å². The molecule has 3 atom stereocenters. The van der Waals surface area contributed by atoms with E-state index in [0.29, 0.717) is 12.6 Å². The number of hydrogen-bond donors (Lipinski definition) is 2. The molecule has 25 heavy (non-hydrogen) atoms. The van der Waals surface area contributed by atoms with E-state index in [9.17, 15) is 4.79 Å². The Labute approximate surface area is 152 Å². The number of carbonyl (C=O) groups excluding carboxylic acids is 1. The van der Waals surface area contributed by atoms with E-state index in [2.05, 4.69) is 48.4 Å². The molecule has 1 amide bonds. The van der Waals surface area contributed by atoms with Gasteiger partial charge in [0.1, 0.15) is 5.75 Å². The zero-order valence-electron chi connectivity index (χ0n) is 16.0. The first-order valence-electron chi connectivity index (χ1n) is 9.48. The van der Waals surface area contributed by atoms with Crippen LogP contribution in [0.4, 0.5) is 0 Å². The first kappa shape index (κ1) is 19.7. The lowest BCUT2D eigenvalue weighted by molar-refractivity contribution is -0.126. The van der Waals surface area contributed by atoms with Gasteiger partial charge in [-0.3, -0.25) is 9.69 Å². The Kier molecular flexibility index (Phi) is 7.72. The van der Waals surface area contributed by atoms with Crippen LogP contribution < -0.4 is 15.4 Å². The summed E-state index contributed by atoms with van der Waals surface area (Å²) in [5.74, 6) is 1.17. The summed E-state index contributed by atoms with van der Waals surface area (Å²) >= 11 is 0. The van der Waals surface area contributed by atoms with Crippen LogP contribution in [0.25, 0.3) is 0 Å². The average Bonchev–Trinajstić information content (AvgIpc) is 2.65. The second kappa shape index (κ2) is 9.78. The average molecular weight is 348 g/mol. The molecule has 0 radical (unpaired) electrons. The van der Waals surface area contributed by atoms with Gasteiger partial charge in [0.25, 0.3) is 0 Å². The van der Waals surface area contributed by atoms with Gasteiger partial charge in [0.05, 0.1) is 13.2 Å². The molecular weight excluding hydrogens is 314 g/mol. The summed E-state index contributed by atoms with van der Waals surface area (Å²) in [6.45, 7) is 9.91. The third-order valence-electron chi connectivity index (χ3n) is 5.20. The summed E-state index contributed by atoms with van der Waals surface area (Å²) in [4.78, 5) is 15.0. The highest BCUT2D eigenvalue weighted by molar-refractivity contribution is 5.78. The van der Waals surface area contributed by atoms with Gasteiger partial charge in [0, 0.05) is 18.5 Å². The summed E-state index contributed by atoms with van der Waals surface area (Å²) in [6.07, 6.45) is 1.84. The smallest absolute Gasteiger partial charge is 0.223 e. The van der Waals surface area contributed by atoms with E-state index in [-0.39, 0.29) is 17.9 Å². The molecule has 0 saturated carbocycles. The summed E-state index contributed by atoms with van der Waals surface area (Å²) in [7, 11) is 1.69. The molecule has 1 saturated heterocycles. The number of nitrogens with zero attached hydrogens (tertiary/aromatic N) is 1. The number of carbonyl (C=O) groups is 1. The molecular formula is C20H33N3O2. The number of piperidine rings is 1. The standard InChI is InChI=1S/C20H33N3O2/c1-5-23(6-2)19(16-8-7-9-18(13-16)25-4)14-22-20(24)17-10-11-21-15(3)12-17/h7-9,13,15,17,19,21H,5-6,10-12,14H2,1-4H3,(H,22,24)/t15-,17-,19?/m0/s1. The predicted molar refractivity (Wildman–Crippen MR) is 102 cm³/mol. The van der Waals surface area contributed by atoms with Gasteiger partial charge >= 0.3 is 0 Å². The Balaban J connectivity index is 2.06. The predicted octanol–water partition coefficient (Wildman–Crippen LogP) is 2.58. The fourth-order valence-electron chi connectivity index (χ4n) is 3.68. The van der Waals surface area contributed by atoms with Gasteiger partial charge in [-0.25, -0.2) is 0 Å². The molecule has 0 spiro atoms. The van der Waals surface area contributed by atoms with Crippen LogP contribution in [-0.2, 0) is 4.79 Å². The number of rotatable bonds is 8. The molecule has 2 N–H and O–H groups in total. The fourth-order valence-corrected chi connectivity index (χ4v) is 3.68. The van der Waals surface area contributed by atoms with Crippen molar-refractivity contribution in [1.29, 1.82) is 0 Å². The highest BCUT2D eigenvalue weighted by atomic mass is 16.5. The molecule has 1 aliphatic heterocycles. The molecule has 0 aliphatic carbocycles. The quantitative estimate of drug-likeness (QED) is 0.759. The van der Waals surface area contributed by atoms with Gasteiger partial charge in [-0.15, -0.1) is 0 Å². The molecule has 1 aromatic rings. The Hall–Kier alpha value is -1.59. The first-order chi connectivity index (χ1) is 12.1. The lowest BCUT2D eigenvalue weighted by atomic mass is 9.92. The monoisotopic (exact) mass is 347 g/mol. The topological polar surface area (TPSA) is 53.6 Å². The zero-order valence-corrected chi connectivity index (χ0v) is 16.0. The highest BCUT2D eigenvalue weighted by Gasteiger charge is 2.26. The molecule has 0 aromatic heterocycles. The van der Waals surface area contributed by atoms with Crippen molar-refractivity contribution in [2.45, 2.75) is 45.7 Å². The molecule has 1 fully saturated rings. The molecule has 1 heterocycles. The van der Waals surface area contributed by atoms with Crippen LogP contribution in [-0.4, -0.2) is 50.1 Å². The van der Waals surface area contributed by atoms with Gasteiger partial charge in [-0.05, 0) is 57.1 Å². The van der Waals surface area contributed by atoms with E-state index in [0.717, 1.165) is 38.2 Å². The van der Waals surface area contributed by atoms with Gasteiger partial charge in [-0.1, -0.05) is 26.0 Å². The van der Waals surface area contributed by atoms with E-state index in [1.807, 2.05) is 12.1 Å². The number of ether oxygens (including phenoxy) is 1. The maximum Gasteiger partial charge on any atom is 0.223 e. The van der Waals surface area contributed by atoms with Gasteiger partial charge in [-0.2, -0.15) is 0 Å². The molecule has 1 aromatic carbocycles. The SMILES string of the molecule is CCN(CC)C(CNC(=O)[C@H]1CCN[C@@H](C)C1)c1cccc(OC)c1. The van der Waals surface area contributed by atoms with Crippen molar-refractivity contribution < 1.29 is 9.53 Å². The Morgan fingerprint density at radius 3 is 2.80 bits per heavy atom. The number of nitrogens with one attached hydrogen (secondary N) is 2. The minimum atomic E-state index is 0.124.